The number of aliphatic imine (C=N–C) groups is 2. The molecule has 0 amide bonds. The van der Waals surface area contributed by atoms with E-state index >= 15 is 0 Å². The molecule has 0 aromatic rings. The molecule has 0 saturated heterocycles. The Morgan fingerprint density at radius 3 is 2.47 bits per heavy atom. The third-order valence-electron chi connectivity index (χ3n) is 1.28. The van der Waals surface area contributed by atoms with Crippen LogP contribution in [0.3, 0.4) is 0 Å². The van der Waals surface area contributed by atoms with Gasteiger partial charge in [0, 0.05) is 23.1 Å². The third kappa shape index (κ3) is 6.87. The largest absolute Gasteiger partial charge is 0.405 e. The molecule has 5 nitrogen and oxygen atoms in total. The van der Waals surface area contributed by atoms with Crippen molar-refractivity contribution in [3.8, 4) is 0 Å². The summed E-state index contributed by atoms with van der Waals surface area (Å²) in [5.74, 6) is 0.396. The number of hydrogen-bond donors (Lipinski definition) is 1. The third-order valence-corrected chi connectivity index (χ3v) is 2.88. The zero-order chi connectivity index (χ0) is 11.9. The lowest BCUT2D eigenvalue weighted by atomic mass is 10.6. The number of nitrogens with zero attached hydrogens (tertiary/aromatic N) is 2. The standard InChI is InChI=1S/C8H12ClN3O2S/c1-7(15(9,13)14)6-12-8(2)11-5-3-4-10/h3-6H,10H2,1-2H3/b4-3?,7-6+,11-5?,12-8?. The Balaban J connectivity index is 4.66. The Hall–Kier alpha value is -1.14. The van der Waals surface area contributed by atoms with Gasteiger partial charge >= 0.3 is 0 Å². The van der Waals surface area contributed by atoms with Crippen molar-refractivity contribution >= 4 is 31.8 Å². The average molecular weight is 250 g/mol. The summed E-state index contributed by atoms with van der Waals surface area (Å²) in [6, 6.07) is 0. The molecule has 0 bridgehead atoms. The van der Waals surface area contributed by atoms with Gasteiger partial charge in [-0.3, -0.25) is 0 Å². The van der Waals surface area contributed by atoms with Gasteiger partial charge in [0.1, 0.15) is 5.84 Å². The highest BCUT2D eigenvalue weighted by Gasteiger charge is 2.06. The second kappa shape index (κ2) is 6.36. The van der Waals surface area contributed by atoms with E-state index in [0.29, 0.717) is 5.84 Å². The topological polar surface area (TPSA) is 84.9 Å². The summed E-state index contributed by atoms with van der Waals surface area (Å²) >= 11 is 0. The highest BCUT2D eigenvalue weighted by molar-refractivity contribution is 8.16. The number of hydrogen-bond acceptors (Lipinski definition) is 4. The van der Waals surface area contributed by atoms with E-state index in [2.05, 4.69) is 9.98 Å². The van der Waals surface area contributed by atoms with Crippen molar-refractivity contribution in [3.63, 3.8) is 0 Å². The van der Waals surface area contributed by atoms with E-state index < -0.39 is 9.05 Å². The zero-order valence-corrected chi connectivity index (χ0v) is 9.96. The summed E-state index contributed by atoms with van der Waals surface area (Å²) in [5.41, 5.74) is 5.07. The summed E-state index contributed by atoms with van der Waals surface area (Å²) in [4.78, 5) is 7.59. The molecule has 0 aliphatic heterocycles. The van der Waals surface area contributed by atoms with Crippen molar-refractivity contribution in [2.45, 2.75) is 13.8 Å². The van der Waals surface area contributed by atoms with E-state index in [1.54, 1.807) is 6.92 Å². The zero-order valence-electron chi connectivity index (χ0n) is 8.38. The van der Waals surface area contributed by atoms with Gasteiger partial charge in [-0.2, -0.15) is 0 Å². The molecule has 2 N–H and O–H groups in total. The molecule has 0 rings (SSSR count). The molecule has 0 spiro atoms. The Morgan fingerprint density at radius 2 is 2.00 bits per heavy atom. The molecule has 7 heteroatoms. The minimum atomic E-state index is -3.68. The minimum Gasteiger partial charge on any atom is -0.405 e. The lowest BCUT2D eigenvalue weighted by molar-refractivity contribution is 0.615. The van der Waals surface area contributed by atoms with Gasteiger partial charge < -0.3 is 5.73 Å². The normalized spacial score (nSPS) is 15.4. The number of rotatable bonds is 3. The van der Waals surface area contributed by atoms with Crippen molar-refractivity contribution < 1.29 is 8.42 Å². The number of amidine groups is 1. The van der Waals surface area contributed by atoms with Crippen LogP contribution in [0.2, 0.25) is 0 Å². The molecule has 0 aromatic heterocycles. The van der Waals surface area contributed by atoms with Gasteiger partial charge in [-0.25, -0.2) is 18.4 Å². The van der Waals surface area contributed by atoms with Gasteiger partial charge in [-0.1, -0.05) is 0 Å². The molecular formula is C8H12ClN3O2S. The van der Waals surface area contributed by atoms with E-state index in [-0.39, 0.29) is 4.91 Å². The van der Waals surface area contributed by atoms with E-state index in [1.165, 1.54) is 25.4 Å². The van der Waals surface area contributed by atoms with Gasteiger partial charge in [-0.05, 0) is 26.1 Å². The van der Waals surface area contributed by atoms with Crippen LogP contribution in [0.5, 0.6) is 0 Å². The number of allylic oxidation sites excluding steroid dienone is 2. The molecule has 0 atom stereocenters. The van der Waals surface area contributed by atoms with Crippen molar-refractivity contribution in [2.24, 2.45) is 15.7 Å². The second-order valence-corrected chi connectivity index (χ2v) is 5.26. The van der Waals surface area contributed by atoms with E-state index in [0.717, 1.165) is 6.20 Å². The quantitative estimate of drug-likeness (QED) is 0.466. The highest BCUT2D eigenvalue weighted by atomic mass is 35.7. The van der Waals surface area contributed by atoms with Crippen LogP contribution >= 0.6 is 10.7 Å². The molecule has 0 fully saturated rings. The average Bonchev–Trinajstić information content (AvgIpc) is 2.13. The van der Waals surface area contributed by atoms with Crippen LogP contribution in [0.1, 0.15) is 13.8 Å². The monoisotopic (exact) mass is 249 g/mol. The van der Waals surface area contributed by atoms with Gasteiger partial charge in [0.25, 0.3) is 9.05 Å². The smallest absolute Gasteiger partial charge is 0.258 e. The fourth-order valence-electron chi connectivity index (χ4n) is 0.481. The molecule has 0 aliphatic rings. The first-order chi connectivity index (χ1) is 6.88. The fraction of sp³-hybridized carbons (Fsp3) is 0.250. The fourth-order valence-corrected chi connectivity index (χ4v) is 0.779. The molecule has 0 unspecified atom stereocenters. The molecule has 0 radical (unpaired) electrons. The Kier molecular flexibility index (Phi) is 5.88. The lowest BCUT2D eigenvalue weighted by Gasteiger charge is -1.91. The van der Waals surface area contributed by atoms with Crippen LogP contribution in [0.25, 0.3) is 0 Å². The molecule has 0 aliphatic carbocycles. The maximum atomic E-state index is 10.8. The van der Waals surface area contributed by atoms with E-state index in [9.17, 15) is 8.42 Å². The number of nitrogens with two attached hydrogens (primary N) is 1. The maximum Gasteiger partial charge on any atom is 0.258 e. The van der Waals surface area contributed by atoms with Crippen molar-refractivity contribution in [1.82, 2.24) is 0 Å². The van der Waals surface area contributed by atoms with Crippen LogP contribution in [0, 0.1) is 0 Å². The SMILES string of the molecule is CC(N=CC=CN)=N/C=C(\C)S(=O)(=O)Cl. The van der Waals surface area contributed by atoms with E-state index in [1.807, 2.05) is 0 Å². The van der Waals surface area contributed by atoms with Crippen LogP contribution < -0.4 is 5.73 Å². The van der Waals surface area contributed by atoms with Crippen LogP contribution in [0.15, 0.2) is 33.4 Å². The van der Waals surface area contributed by atoms with Crippen molar-refractivity contribution in [3.05, 3.63) is 23.4 Å². The molecule has 15 heavy (non-hydrogen) atoms. The van der Waals surface area contributed by atoms with Crippen LogP contribution in [-0.2, 0) is 9.05 Å². The molecule has 0 aromatic carbocycles. The summed E-state index contributed by atoms with van der Waals surface area (Å²) in [6.45, 7) is 2.97. The van der Waals surface area contributed by atoms with Crippen molar-refractivity contribution in [1.29, 1.82) is 0 Å². The summed E-state index contributed by atoms with van der Waals surface area (Å²) < 4.78 is 21.5. The lowest BCUT2D eigenvalue weighted by Crippen LogP contribution is -1.90. The second-order valence-electron chi connectivity index (χ2n) is 2.52. The molecule has 84 valence electrons. The number of halogens is 1. The van der Waals surface area contributed by atoms with E-state index in [4.69, 9.17) is 16.4 Å². The van der Waals surface area contributed by atoms with Gasteiger partial charge in [0.15, 0.2) is 0 Å². The first-order valence-corrected chi connectivity index (χ1v) is 6.25. The van der Waals surface area contributed by atoms with Crippen LogP contribution in [0.4, 0.5) is 0 Å². The predicted octanol–water partition coefficient (Wildman–Crippen LogP) is 1.38. The van der Waals surface area contributed by atoms with Gasteiger partial charge in [0.2, 0.25) is 0 Å². The predicted molar refractivity (Wildman–Crippen MR) is 63.5 cm³/mol. The first-order valence-electron chi connectivity index (χ1n) is 3.94. The Morgan fingerprint density at radius 1 is 1.40 bits per heavy atom. The van der Waals surface area contributed by atoms with Gasteiger partial charge in [-0.15, -0.1) is 0 Å². The first kappa shape index (κ1) is 13.9. The Labute approximate surface area is 93.5 Å². The summed E-state index contributed by atoms with van der Waals surface area (Å²) in [5, 5.41) is 0. The highest BCUT2D eigenvalue weighted by Crippen LogP contribution is 2.10. The molecule has 0 heterocycles. The molecule has 0 saturated carbocycles. The maximum absolute atomic E-state index is 10.8. The Bertz CT molecular complexity index is 421. The van der Waals surface area contributed by atoms with Crippen molar-refractivity contribution in [2.75, 3.05) is 0 Å². The van der Waals surface area contributed by atoms with Gasteiger partial charge in [0.05, 0.1) is 4.91 Å². The summed E-state index contributed by atoms with van der Waals surface area (Å²) in [6.07, 6.45) is 5.42. The molecular weight excluding hydrogens is 238 g/mol. The van der Waals surface area contributed by atoms with Crippen LogP contribution in [-0.4, -0.2) is 20.5 Å². The summed E-state index contributed by atoms with van der Waals surface area (Å²) in [7, 11) is 1.38. The minimum absolute atomic E-state index is 0.0342.